The highest BCUT2D eigenvalue weighted by atomic mass is 16.4. The number of carboxylic acids is 2. The number of benzene rings is 1. The summed E-state index contributed by atoms with van der Waals surface area (Å²) in [5, 5.41) is 28.2. The van der Waals surface area contributed by atoms with Crippen LogP contribution in [0.2, 0.25) is 0 Å². The van der Waals surface area contributed by atoms with E-state index in [0.717, 1.165) is 0 Å². The molecule has 1 aromatic carbocycles. The van der Waals surface area contributed by atoms with Gasteiger partial charge in [0.2, 0.25) is 0 Å². The van der Waals surface area contributed by atoms with Crippen molar-refractivity contribution in [2.24, 2.45) is 10.9 Å². The number of hydrogen-bond acceptors (Lipinski definition) is 4. The minimum Gasteiger partial charge on any atom is -0.481 e. The summed E-state index contributed by atoms with van der Waals surface area (Å²) in [6.45, 7) is 3.09. The first kappa shape index (κ1) is 15.4. The predicted octanol–water partition coefficient (Wildman–Crippen LogP) is 2.18. The molecule has 1 aliphatic heterocycles. The van der Waals surface area contributed by atoms with E-state index >= 15 is 0 Å². The average Bonchev–Trinajstić information content (AvgIpc) is 2.45. The zero-order valence-electron chi connectivity index (χ0n) is 12.1. The Morgan fingerprint density at radius 3 is 2.41 bits per heavy atom. The molecule has 0 saturated heterocycles. The third kappa shape index (κ3) is 2.49. The molecule has 0 aliphatic carbocycles. The maximum atomic E-state index is 11.6. The fourth-order valence-electron chi connectivity index (χ4n) is 2.84. The van der Waals surface area contributed by atoms with Crippen LogP contribution in [0, 0.1) is 17.2 Å². The molecule has 22 heavy (non-hydrogen) atoms. The third-order valence-electron chi connectivity index (χ3n) is 3.74. The average molecular weight is 298 g/mol. The summed E-state index contributed by atoms with van der Waals surface area (Å²) < 4.78 is 0. The van der Waals surface area contributed by atoms with Gasteiger partial charge >= 0.3 is 11.9 Å². The molecular weight excluding hydrogens is 284 g/mol. The van der Waals surface area contributed by atoms with Gasteiger partial charge in [-0.05, 0) is 25.5 Å². The summed E-state index contributed by atoms with van der Waals surface area (Å²) in [4.78, 5) is 27.3. The van der Waals surface area contributed by atoms with E-state index < -0.39 is 23.8 Å². The molecule has 0 spiro atoms. The number of allylic oxidation sites excluding steroid dienone is 1. The molecule has 112 valence electrons. The standard InChI is InChI=1S/C16H14N2O4/c1-8-12(15(19)20)14(13(16(21)22)9(2)18-8)11-6-4-3-5-10(11)7-17/h3-6,12,14H,1-2H3,(H,19,20)(H,21,22). The third-order valence-corrected chi connectivity index (χ3v) is 3.74. The Labute approximate surface area is 127 Å². The summed E-state index contributed by atoms with van der Waals surface area (Å²) in [6, 6.07) is 8.44. The van der Waals surface area contributed by atoms with Crippen LogP contribution >= 0.6 is 0 Å². The van der Waals surface area contributed by atoms with E-state index in [1.807, 2.05) is 6.07 Å². The fraction of sp³-hybridized carbons (Fsp3) is 0.250. The SMILES string of the molecule is CC1=NC(C)=C(C(=O)O)C(c2ccccc2C#N)C1C(=O)O. The van der Waals surface area contributed by atoms with Crippen molar-refractivity contribution in [3.63, 3.8) is 0 Å². The van der Waals surface area contributed by atoms with Crippen molar-refractivity contribution in [3.05, 3.63) is 46.7 Å². The second-order valence-electron chi connectivity index (χ2n) is 5.05. The van der Waals surface area contributed by atoms with E-state index in [1.165, 1.54) is 6.92 Å². The largest absolute Gasteiger partial charge is 0.481 e. The molecule has 0 bridgehead atoms. The maximum Gasteiger partial charge on any atom is 0.334 e. The van der Waals surface area contributed by atoms with Gasteiger partial charge in [-0.2, -0.15) is 5.26 Å². The minimum absolute atomic E-state index is 0.0827. The molecule has 0 saturated carbocycles. The van der Waals surface area contributed by atoms with E-state index in [-0.39, 0.29) is 16.8 Å². The van der Waals surface area contributed by atoms with Crippen LogP contribution in [0.25, 0.3) is 0 Å². The first-order valence-electron chi connectivity index (χ1n) is 6.59. The van der Waals surface area contributed by atoms with Crippen LogP contribution in [-0.4, -0.2) is 27.9 Å². The molecule has 6 nitrogen and oxygen atoms in total. The topological polar surface area (TPSA) is 111 Å². The molecular formula is C16H14N2O4. The minimum atomic E-state index is -1.22. The summed E-state index contributed by atoms with van der Waals surface area (Å²) in [7, 11) is 0. The lowest BCUT2D eigenvalue weighted by atomic mass is 9.74. The van der Waals surface area contributed by atoms with Crippen LogP contribution < -0.4 is 0 Å². The van der Waals surface area contributed by atoms with Crippen molar-refractivity contribution in [2.75, 3.05) is 0 Å². The van der Waals surface area contributed by atoms with Gasteiger partial charge in [-0.1, -0.05) is 18.2 Å². The number of hydrogen-bond donors (Lipinski definition) is 2. The van der Waals surface area contributed by atoms with E-state index in [0.29, 0.717) is 11.3 Å². The number of nitriles is 1. The number of aliphatic imine (C=N–C) groups is 1. The van der Waals surface area contributed by atoms with Crippen molar-refractivity contribution in [1.82, 2.24) is 0 Å². The smallest absolute Gasteiger partial charge is 0.334 e. The first-order valence-corrected chi connectivity index (χ1v) is 6.59. The van der Waals surface area contributed by atoms with Crippen molar-refractivity contribution in [2.45, 2.75) is 19.8 Å². The molecule has 2 atom stereocenters. The normalized spacial score (nSPS) is 21.0. The van der Waals surface area contributed by atoms with E-state index in [1.54, 1.807) is 31.2 Å². The van der Waals surface area contributed by atoms with E-state index in [9.17, 15) is 25.1 Å². The molecule has 2 N–H and O–H groups in total. The van der Waals surface area contributed by atoms with Crippen LogP contribution in [-0.2, 0) is 9.59 Å². The predicted molar refractivity (Wildman–Crippen MR) is 78.5 cm³/mol. The number of carboxylic acid groups (broad SMARTS) is 2. The molecule has 0 aromatic heterocycles. The molecule has 2 rings (SSSR count). The van der Waals surface area contributed by atoms with E-state index in [4.69, 9.17) is 0 Å². The first-order chi connectivity index (χ1) is 10.4. The molecule has 0 fully saturated rings. The van der Waals surface area contributed by atoms with Gasteiger partial charge in [0.1, 0.15) is 5.92 Å². The van der Waals surface area contributed by atoms with Crippen molar-refractivity contribution < 1.29 is 19.8 Å². The van der Waals surface area contributed by atoms with Crippen molar-refractivity contribution >= 4 is 17.7 Å². The van der Waals surface area contributed by atoms with Gasteiger partial charge in [0, 0.05) is 17.3 Å². The van der Waals surface area contributed by atoms with Gasteiger partial charge < -0.3 is 10.2 Å². The number of rotatable bonds is 3. The summed E-state index contributed by atoms with van der Waals surface area (Å²) in [5.41, 5.74) is 1.16. The Bertz CT molecular complexity index is 756. The Kier molecular flexibility index (Phi) is 4.08. The Balaban J connectivity index is 2.76. The van der Waals surface area contributed by atoms with Gasteiger partial charge in [-0.15, -0.1) is 0 Å². The Hall–Kier alpha value is -2.94. The van der Waals surface area contributed by atoms with Crippen LogP contribution in [0.3, 0.4) is 0 Å². The van der Waals surface area contributed by atoms with Gasteiger partial charge in [-0.25, -0.2) is 4.79 Å². The number of carbonyl (C=O) groups is 2. The Morgan fingerprint density at radius 1 is 1.23 bits per heavy atom. The quantitative estimate of drug-likeness (QED) is 0.888. The zero-order chi connectivity index (χ0) is 16.4. The second-order valence-corrected chi connectivity index (χ2v) is 5.05. The monoisotopic (exact) mass is 298 g/mol. The highest BCUT2D eigenvalue weighted by Crippen LogP contribution is 2.40. The molecule has 0 radical (unpaired) electrons. The lowest BCUT2D eigenvalue weighted by Crippen LogP contribution is -2.35. The van der Waals surface area contributed by atoms with Crippen LogP contribution in [0.5, 0.6) is 0 Å². The highest BCUT2D eigenvalue weighted by Gasteiger charge is 2.41. The van der Waals surface area contributed by atoms with Gasteiger partial charge in [-0.3, -0.25) is 9.79 Å². The molecule has 0 amide bonds. The van der Waals surface area contributed by atoms with Gasteiger partial charge in [0.05, 0.1) is 17.2 Å². The highest BCUT2D eigenvalue weighted by molar-refractivity contribution is 6.06. The zero-order valence-corrected chi connectivity index (χ0v) is 12.1. The lowest BCUT2D eigenvalue weighted by Gasteiger charge is -2.30. The number of aliphatic carboxylic acids is 2. The molecule has 2 unspecified atom stereocenters. The second kappa shape index (κ2) is 5.82. The van der Waals surface area contributed by atoms with Crippen molar-refractivity contribution in [3.8, 4) is 6.07 Å². The van der Waals surface area contributed by atoms with Crippen LogP contribution in [0.15, 0.2) is 40.5 Å². The number of nitrogens with zero attached hydrogens (tertiary/aromatic N) is 2. The summed E-state index contributed by atoms with van der Waals surface area (Å²) in [5.74, 6) is -4.43. The molecule has 1 aromatic rings. The van der Waals surface area contributed by atoms with Crippen molar-refractivity contribution in [1.29, 1.82) is 5.26 Å². The fourth-order valence-corrected chi connectivity index (χ4v) is 2.84. The summed E-state index contributed by atoms with van der Waals surface area (Å²) in [6.07, 6.45) is 0. The van der Waals surface area contributed by atoms with Gasteiger partial charge in [0.25, 0.3) is 0 Å². The van der Waals surface area contributed by atoms with Crippen LogP contribution in [0.4, 0.5) is 0 Å². The summed E-state index contributed by atoms with van der Waals surface area (Å²) >= 11 is 0. The molecule has 6 heteroatoms. The molecule has 1 aliphatic rings. The lowest BCUT2D eigenvalue weighted by molar-refractivity contribution is -0.140. The van der Waals surface area contributed by atoms with Gasteiger partial charge in [0.15, 0.2) is 0 Å². The Morgan fingerprint density at radius 2 is 1.86 bits per heavy atom. The maximum absolute atomic E-state index is 11.6. The van der Waals surface area contributed by atoms with E-state index in [2.05, 4.69) is 4.99 Å². The molecule has 1 heterocycles. The van der Waals surface area contributed by atoms with Crippen LogP contribution in [0.1, 0.15) is 30.9 Å².